The first-order chi connectivity index (χ1) is 14.0. The maximum absolute atomic E-state index is 14.2. The van der Waals surface area contributed by atoms with E-state index in [4.69, 9.17) is 4.74 Å². The van der Waals surface area contributed by atoms with E-state index in [1.54, 1.807) is 13.0 Å². The number of halogens is 1. The van der Waals surface area contributed by atoms with E-state index in [9.17, 15) is 14.0 Å². The Hall–Kier alpha value is -3.41. The number of ether oxygens (including phenoxy) is 1. The number of nitrogens with one attached hydrogen (secondary N) is 1. The van der Waals surface area contributed by atoms with Gasteiger partial charge in [-0.2, -0.15) is 0 Å². The SMILES string of the molecule is CCOC(=O)C1=CN(C(=O)c2ccccc2F)CCc2c1[nH]c1c(C)cccc21. The Morgan fingerprint density at radius 2 is 1.97 bits per heavy atom. The third-order valence-corrected chi connectivity index (χ3v) is 5.17. The van der Waals surface area contributed by atoms with Crippen LogP contribution in [-0.4, -0.2) is 34.9 Å². The smallest absolute Gasteiger partial charge is 0.341 e. The number of hydrogen-bond donors (Lipinski definition) is 1. The Labute approximate surface area is 167 Å². The second-order valence-corrected chi connectivity index (χ2v) is 6.97. The molecule has 0 fully saturated rings. The van der Waals surface area contributed by atoms with E-state index in [0.717, 1.165) is 22.0 Å². The molecule has 6 heteroatoms. The molecule has 1 aliphatic rings. The minimum Gasteiger partial charge on any atom is -0.462 e. The van der Waals surface area contributed by atoms with Gasteiger partial charge in [0, 0.05) is 23.6 Å². The van der Waals surface area contributed by atoms with Crippen LogP contribution in [0.2, 0.25) is 0 Å². The molecular weight excluding hydrogens is 371 g/mol. The highest BCUT2D eigenvalue weighted by Crippen LogP contribution is 2.33. The van der Waals surface area contributed by atoms with Crippen molar-refractivity contribution in [3.8, 4) is 0 Å². The molecule has 148 valence electrons. The highest BCUT2D eigenvalue weighted by Gasteiger charge is 2.28. The quantitative estimate of drug-likeness (QED) is 0.679. The summed E-state index contributed by atoms with van der Waals surface area (Å²) in [5.74, 6) is -1.60. The largest absolute Gasteiger partial charge is 0.462 e. The van der Waals surface area contributed by atoms with Crippen LogP contribution in [0.5, 0.6) is 0 Å². The number of carbonyl (C=O) groups excluding carboxylic acids is 2. The number of hydrogen-bond acceptors (Lipinski definition) is 3. The molecule has 0 spiro atoms. The van der Waals surface area contributed by atoms with Gasteiger partial charge in [0.05, 0.1) is 23.4 Å². The van der Waals surface area contributed by atoms with Gasteiger partial charge in [-0.15, -0.1) is 0 Å². The van der Waals surface area contributed by atoms with Gasteiger partial charge in [0.2, 0.25) is 0 Å². The van der Waals surface area contributed by atoms with Gasteiger partial charge in [0.25, 0.3) is 5.91 Å². The predicted molar refractivity (Wildman–Crippen MR) is 109 cm³/mol. The Morgan fingerprint density at radius 1 is 1.17 bits per heavy atom. The number of benzene rings is 2. The number of nitrogens with zero attached hydrogens (tertiary/aromatic N) is 1. The molecular formula is C23H21FN2O3. The van der Waals surface area contributed by atoms with Gasteiger partial charge in [-0.1, -0.05) is 30.3 Å². The minimum atomic E-state index is -0.590. The first-order valence-corrected chi connectivity index (χ1v) is 9.56. The Bertz CT molecular complexity index is 1150. The predicted octanol–water partition coefficient (Wildman–Crippen LogP) is 4.22. The summed E-state index contributed by atoms with van der Waals surface area (Å²) in [6.07, 6.45) is 2.00. The zero-order valence-electron chi connectivity index (χ0n) is 16.3. The molecule has 2 aromatic carbocycles. The highest BCUT2D eigenvalue weighted by atomic mass is 19.1. The number of aromatic amines is 1. The average Bonchev–Trinajstić information content (AvgIpc) is 2.97. The van der Waals surface area contributed by atoms with E-state index < -0.39 is 17.7 Å². The van der Waals surface area contributed by atoms with Crippen LogP contribution in [0.4, 0.5) is 4.39 Å². The van der Waals surface area contributed by atoms with Gasteiger partial charge in [0.1, 0.15) is 5.82 Å². The van der Waals surface area contributed by atoms with Crippen molar-refractivity contribution in [1.29, 1.82) is 0 Å². The molecule has 0 unspecified atom stereocenters. The fourth-order valence-corrected chi connectivity index (χ4v) is 3.74. The highest BCUT2D eigenvalue weighted by molar-refractivity contribution is 6.18. The van der Waals surface area contributed by atoms with E-state index in [0.29, 0.717) is 18.7 Å². The summed E-state index contributed by atoms with van der Waals surface area (Å²) in [5, 5.41) is 1.01. The maximum Gasteiger partial charge on any atom is 0.341 e. The van der Waals surface area contributed by atoms with Crippen LogP contribution in [0.1, 0.15) is 34.1 Å². The number of aromatic nitrogens is 1. The summed E-state index contributed by atoms with van der Waals surface area (Å²) in [5.41, 5.74) is 3.86. The van der Waals surface area contributed by atoms with Crippen molar-refractivity contribution in [3.63, 3.8) is 0 Å². The number of amides is 1. The monoisotopic (exact) mass is 392 g/mol. The molecule has 0 saturated heterocycles. The van der Waals surface area contributed by atoms with E-state index in [-0.39, 0.29) is 17.7 Å². The topological polar surface area (TPSA) is 62.4 Å². The van der Waals surface area contributed by atoms with E-state index in [2.05, 4.69) is 4.98 Å². The molecule has 2 heterocycles. The van der Waals surface area contributed by atoms with Crippen LogP contribution in [0.15, 0.2) is 48.7 Å². The van der Waals surface area contributed by atoms with Crippen LogP contribution in [0.25, 0.3) is 16.5 Å². The average molecular weight is 392 g/mol. The summed E-state index contributed by atoms with van der Waals surface area (Å²) >= 11 is 0. The first-order valence-electron chi connectivity index (χ1n) is 9.56. The third kappa shape index (κ3) is 3.31. The van der Waals surface area contributed by atoms with Crippen molar-refractivity contribution < 1.29 is 18.7 Å². The second-order valence-electron chi connectivity index (χ2n) is 6.97. The van der Waals surface area contributed by atoms with Crippen LogP contribution >= 0.6 is 0 Å². The van der Waals surface area contributed by atoms with Gasteiger partial charge in [-0.05, 0) is 43.5 Å². The Balaban J connectivity index is 1.84. The molecule has 0 aliphatic carbocycles. The molecule has 0 bridgehead atoms. The van der Waals surface area contributed by atoms with Gasteiger partial charge in [0.15, 0.2) is 0 Å². The summed E-state index contributed by atoms with van der Waals surface area (Å²) in [4.78, 5) is 30.4. The zero-order chi connectivity index (χ0) is 20.5. The molecule has 0 atom stereocenters. The van der Waals surface area contributed by atoms with Crippen molar-refractivity contribution >= 4 is 28.4 Å². The number of fused-ring (bicyclic) bond motifs is 3. The number of H-pyrrole nitrogens is 1. The van der Waals surface area contributed by atoms with Crippen molar-refractivity contribution in [2.24, 2.45) is 0 Å². The molecule has 1 amide bonds. The van der Waals surface area contributed by atoms with Crippen LogP contribution < -0.4 is 0 Å². The Morgan fingerprint density at radius 3 is 2.72 bits per heavy atom. The maximum atomic E-state index is 14.2. The number of carbonyl (C=O) groups is 2. The molecule has 29 heavy (non-hydrogen) atoms. The van der Waals surface area contributed by atoms with Crippen LogP contribution in [0, 0.1) is 12.7 Å². The molecule has 1 aromatic heterocycles. The molecule has 4 rings (SSSR count). The van der Waals surface area contributed by atoms with Crippen LogP contribution in [-0.2, 0) is 16.0 Å². The number of para-hydroxylation sites is 1. The number of esters is 1. The standard InChI is InChI=1S/C23H21FN2O3/c1-3-29-23(28)18-13-26(22(27)17-8-4-5-10-19(17)24)12-11-16-15-9-6-7-14(2)20(15)25-21(16)18/h4-10,13,25H,3,11-12H2,1-2H3. The second kappa shape index (κ2) is 7.54. The molecule has 1 N–H and O–H groups in total. The third-order valence-electron chi connectivity index (χ3n) is 5.17. The summed E-state index contributed by atoms with van der Waals surface area (Å²) < 4.78 is 19.4. The fourth-order valence-electron chi connectivity index (χ4n) is 3.74. The lowest BCUT2D eigenvalue weighted by Gasteiger charge is -2.18. The fraction of sp³-hybridized carbons (Fsp3) is 0.217. The van der Waals surface area contributed by atoms with E-state index >= 15 is 0 Å². The van der Waals surface area contributed by atoms with E-state index in [1.807, 2.05) is 25.1 Å². The lowest BCUT2D eigenvalue weighted by Crippen LogP contribution is -2.28. The van der Waals surface area contributed by atoms with Gasteiger partial charge in [-0.3, -0.25) is 4.79 Å². The van der Waals surface area contributed by atoms with Crippen molar-refractivity contribution in [3.05, 3.63) is 76.9 Å². The van der Waals surface area contributed by atoms with Gasteiger partial charge in [-0.25, -0.2) is 9.18 Å². The normalized spacial score (nSPS) is 13.6. The first kappa shape index (κ1) is 18.9. The molecule has 0 radical (unpaired) electrons. The van der Waals surface area contributed by atoms with Crippen molar-refractivity contribution in [2.45, 2.75) is 20.3 Å². The zero-order valence-corrected chi connectivity index (χ0v) is 16.3. The lowest BCUT2D eigenvalue weighted by atomic mass is 10.0. The van der Waals surface area contributed by atoms with Gasteiger partial charge < -0.3 is 14.6 Å². The minimum absolute atomic E-state index is 0.0294. The Kier molecular flexibility index (Phi) is 4.92. The molecule has 0 saturated carbocycles. The summed E-state index contributed by atoms with van der Waals surface area (Å²) in [6, 6.07) is 11.8. The molecule has 5 nitrogen and oxygen atoms in total. The lowest BCUT2D eigenvalue weighted by molar-refractivity contribution is -0.136. The van der Waals surface area contributed by atoms with Crippen molar-refractivity contribution in [2.75, 3.05) is 13.2 Å². The molecule has 1 aliphatic heterocycles. The summed E-state index contributed by atoms with van der Waals surface area (Å²) in [6.45, 7) is 4.27. The molecule has 3 aromatic rings. The number of aryl methyl sites for hydroxylation is 1. The van der Waals surface area contributed by atoms with Gasteiger partial charge >= 0.3 is 5.97 Å². The summed E-state index contributed by atoms with van der Waals surface area (Å²) in [7, 11) is 0. The van der Waals surface area contributed by atoms with Crippen molar-refractivity contribution in [1.82, 2.24) is 9.88 Å². The van der Waals surface area contributed by atoms with E-state index in [1.165, 1.54) is 29.3 Å². The number of rotatable bonds is 3. The van der Waals surface area contributed by atoms with Crippen LogP contribution in [0.3, 0.4) is 0 Å².